The fourth-order valence-electron chi connectivity index (χ4n) is 3.84. The van der Waals surface area contributed by atoms with Crippen LogP contribution in [0.4, 0.5) is 5.69 Å². The van der Waals surface area contributed by atoms with Crippen LogP contribution in [0.1, 0.15) is 23.0 Å². The van der Waals surface area contributed by atoms with E-state index in [4.69, 9.17) is 14.5 Å². The Morgan fingerprint density at radius 3 is 2.57 bits per heavy atom. The molecule has 7 heteroatoms. The van der Waals surface area contributed by atoms with Crippen molar-refractivity contribution in [3.8, 4) is 22.1 Å². The lowest BCUT2D eigenvalue weighted by Crippen LogP contribution is -2.46. The topological polar surface area (TPSA) is 54.9 Å². The van der Waals surface area contributed by atoms with Crippen molar-refractivity contribution in [1.29, 1.82) is 0 Å². The highest BCUT2D eigenvalue weighted by Crippen LogP contribution is 2.36. The van der Waals surface area contributed by atoms with Crippen LogP contribution in [0.25, 0.3) is 10.6 Å². The molecule has 1 saturated heterocycles. The van der Waals surface area contributed by atoms with E-state index in [1.165, 1.54) is 5.69 Å². The van der Waals surface area contributed by atoms with E-state index in [0.717, 1.165) is 66.1 Å². The molecule has 1 aromatic heterocycles. The number of hydrogen-bond donors (Lipinski definition) is 0. The first kappa shape index (κ1) is 19.1. The van der Waals surface area contributed by atoms with Crippen LogP contribution in [0.2, 0.25) is 0 Å². The van der Waals surface area contributed by atoms with Crippen LogP contribution in [0.15, 0.2) is 47.8 Å². The molecule has 0 spiro atoms. The third kappa shape index (κ3) is 3.91. The van der Waals surface area contributed by atoms with E-state index in [-0.39, 0.29) is 12.6 Å². The van der Waals surface area contributed by atoms with Gasteiger partial charge in [0.25, 0.3) is 0 Å². The first-order valence-corrected chi connectivity index (χ1v) is 11.0. The highest BCUT2D eigenvalue weighted by atomic mass is 32.1. The van der Waals surface area contributed by atoms with Crippen molar-refractivity contribution in [3.05, 3.63) is 59.1 Å². The Balaban J connectivity index is 1.18. The maximum absolute atomic E-state index is 11.5. The van der Waals surface area contributed by atoms with Gasteiger partial charge in [-0.25, -0.2) is 4.98 Å². The van der Waals surface area contributed by atoms with Gasteiger partial charge in [0.1, 0.15) is 5.01 Å². The molecule has 0 unspecified atom stereocenters. The van der Waals surface area contributed by atoms with E-state index in [2.05, 4.69) is 15.2 Å². The number of ether oxygens (including phenoxy) is 2. The highest BCUT2D eigenvalue weighted by molar-refractivity contribution is 7.13. The van der Waals surface area contributed by atoms with Crippen LogP contribution in [0.5, 0.6) is 11.5 Å². The number of nitrogens with zero attached hydrogens (tertiary/aromatic N) is 3. The predicted octanol–water partition coefficient (Wildman–Crippen LogP) is 4.06. The Hall–Kier alpha value is -2.90. The van der Waals surface area contributed by atoms with Crippen LogP contribution in [-0.4, -0.2) is 48.6 Å². The minimum absolute atomic E-state index is 0.106. The maximum atomic E-state index is 11.5. The van der Waals surface area contributed by atoms with Crippen molar-refractivity contribution in [2.75, 3.05) is 37.9 Å². The van der Waals surface area contributed by atoms with Crippen molar-refractivity contribution >= 4 is 22.8 Å². The van der Waals surface area contributed by atoms with Crippen LogP contribution in [0.3, 0.4) is 0 Å². The second kappa shape index (κ2) is 8.08. The third-order valence-corrected chi connectivity index (χ3v) is 6.51. The van der Waals surface area contributed by atoms with Crippen molar-refractivity contribution in [3.63, 3.8) is 0 Å². The summed E-state index contributed by atoms with van der Waals surface area (Å²) in [6.45, 7) is 6.67. The number of piperazine rings is 1. The number of Topliss-reactive ketones (excluding diaryl/α,β-unsaturated/α-hetero) is 1. The molecule has 0 radical (unpaired) electrons. The molecule has 2 aliphatic rings. The molecule has 3 aromatic rings. The Labute approximate surface area is 179 Å². The van der Waals surface area contributed by atoms with E-state index in [1.807, 2.05) is 42.5 Å². The van der Waals surface area contributed by atoms with Gasteiger partial charge in [0.05, 0.1) is 5.69 Å². The number of rotatable bonds is 5. The van der Waals surface area contributed by atoms with Gasteiger partial charge in [-0.2, -0.15) is 0 Å². The Morgan fingerprint density at radius 1 is 1.03 bits per heavy atom. The fraction of sp³-hybridized carbons (Fsp3) is 0.304. The predicted molar refractivity (Wildman–Crippen MR) is 118 cm³/mol. The molecule has 0 atom stereocenters. The summed E-state index contributed by atoms with van der Waals surface area (Å²) in [5.41, 5.74) is 4.11. The van der Waals surface area contributed by atoms with Crippen molar-refractivity contribution in [1.82, 2.24) is 9.88 Å². The van der Waals surface area contributed by atoms with Gasteiger partial charge in [0.2, 0.25) is 6.79 Å². The summed E-state index contributed by atoms with van der Waals surface area (Å²) in [5, 5.41) is 3.15. The first-order valence-electron chi connectivity index (χ1n) is 10.1. The monoisotopic (exact) mass is 421 g/mol. The van der Waals surface area contributed by atoms with Gasteiger partial charge in [-0.15, -0.1) is 11.3 Å². The summed E-state index contributed by atoms with van der Waals surface area (Å²) in [6.07, 6.45) is 0. The molecule has 0 saturated carbocycles. The van der Waals surface area contributed by atoms with E-state index >= 15 is 0 Å². The summed E-state index contributed by atoms with van der Waals surface area (Å²) in [7, 11) is 0. The largest absolute Gasteiger partial charge is 0.454 e. The number of carbonyl (C=O) groups is 1. The molecule has 2 aromatic carbocycles. The lowest BCUT2D eigenvalue weighted by molar-refractivity contribution is 0.101. The molecule has 5 rings (SSSR count). The molecule has 0 amide bonds. The van der Waals surface area contributed by atoms with Gasteiger partial charge in [-0.05, 0) is 49.4 Å². The average Bonchev–Trinajstić information content (AvgIpc) is 3.43. The molecule has 0 bridgehead atoms. The number of hydrogen-bond acceptors (Lipinski definition) is 7. The van der Waals surface area contributed by atoms with E-state index in [0.29, 0.717) is 0 Å². The van der Waals surface area contributed by atoms with Crippen LogP contribution >= 0.6 is 11.3 Å². The number of aromatic nitrogens is 1. The number of ketones is 1. The fourth-order valence-corrected chi connectivity index (χ4v) is 4.65. The number of benzene rings is 2. The van der Waals surface area contributed by atoms with Crippen LogP contribution in [-0.2, 0) is 6.54 Å². The second-order valence-corrected chi connectivity index (χ2v) is 8.44. The summed E-state index contributed by atoms with van der Waals surface area (Å²) in [6, 6.07) is 13.9. The Bertz CT molecular complexity index is 1060. The highest BCUT2D eigenvalue weighted by Gasteiger charge is 2.19. The van der Waals surface area contributed by atoms with Crippen molar-refractivity contribution in [2.45, 2.75) is 13.5 Å². The third-order valence-electron chi connectivity index (χ3n) is 5.57. The molecular weight excluding hydrogens is 398 g/mol. The first-order chi connectivity index (χ1) is 14.7. The van der Waals surface area contributed by atoms with Crippen LogP contribution in [0, 0.1) is 0 Å². The zero-order valence-corrected chi connectivity index (χ0v) is 17.7. The standard InChI is InChI=1S/C23H23N3O3S/c1-16(27)17-2-5-20(6-3-17)26-10-8-25(9-11-26)13-19-14-30-23(24-19)18-4-7-21-22(12-18)29-15-28-21/h2-7,12,14H,8-11,13,15H2,1H3. The molecule has 6 nitrogen and oxygen atoms in total. The van der Waals surface area contributed by atoms with Gasteiger partial charge < -0.3 is 14.4 Å². The summed E-state index contributed by atoms with van der Waals surface area (Å²) in [4.78, 5) is 21.1. The van der Waals surface area contributed by atoms with Gasteiger partial charge in [0, 0.05) is 54.9 Å². The number of thiazole rings is 1. The molecule has 3 heterocycles. The second-order valence-electron chi connectivity index (χ2n) is 7.58. The minimum Gasteiger partial charge on any atom is -0.454 e. The van der Waals surface area contributed by atoms with Gasteiger partial charge in [0.15, 0.2) is 17.3 Å². The summed E-state index contributed by atoms with van der Waals surface area (Å²) < 4.78 is 10.9. The zero-order chi connectivity index (χ0) is 20.5. The van der Waals surface area contributed by atoms with Crippen LogP contribution < -0.4 is 14.4 Å². The maximum Gasteiger partial charge on any atom is 0.231 e. The van der Waals surface area contributed by atoms with Crippen molar-refractivity contribution in [2.24, 2.45) is 0 Å². The molecule has 0 N–H and O–H groups in total. The zero-order valence-electron chi connectivity index (χ0n) is 16.8. The smallest absolute Gasteiger partial charge is 0.231 e. The summed E-state index contributed by atoms with van der Waals surface area (Å²) >= 11 is 1.67. The molecule has 154 valence electrons. The minimum atomic E-state index is 0.106. The van der Waals surface area contributed by atoms with E-state index in [9.17, 15) is 4.79 Å². The van der Waals surface area contributed by atoms with Gasteiger partial charge >= 0.3 is 0 Å². The Morgan fingerprint density at radius 2 is 1.80 bits per heavy atom. The van der Waals surface area contributed by atoms with Gasteiger partial charge in [-0.1, -0.05) is 0 Å². The molecule has 2 aliphatic heterocycles. The molecule has 30 heavy (non-hydrogen) atoms. The average molecular weight is 422 g/mol. The number of anilines is 1. The lowest BCUT2D eigenvalue weighted by atomic mass is 10.1. The molecule has 0 aliphatic carbocycles. The number of fused-ring (bicyclic) bond motifs is 1. The normalized spacial score (nSPS) is 16.1. The number of carbonyl (C=O) groups excluding carboxylic acids is 1. The molecule has 1 fully saturated rings. The lowest BCUT2D eigenvalue weighted by Gasteiger charge is -2.35. The Kier molecular flexibility index (Phi) is 5.14. The SMILES string of the molecule is CC(=O)c1ccc(N2CCN(Cc3csc(-c4ccc5c(c4)OCO5)n3)CC2)cc1. The van der Waals surface area contributed by atoms with E-state index < -0.39 is 0 Å². The van der Waals surface area contributed by atoms with Crippen molar-refractivity contribution < 1.29 is 14.3 Å². The van der Waals surface area contributed by atoms with E-state index in [1.54, 1.807) is 18.3 Å². The summed E-state index contributed by atoms with van der Waals surface area (Å²) in [5.74, 6) is 1.69. The molecular formula is C23H23N3O3S. The quantitative estimate of drug-likeness (QED) is 0.579. The van der Waals surface area contributed by atoms with Gasteiger partial charge in [-0.3, -0.25) is 9.69 Å².